The van der Waals surface area contributed by atoms with Crippen LogP contribution in [-0.4, -0.2) is 19.5 Å². The Kier molecular flexibility index (Phi) is 6.80. The Hall–Kier alpha value is -6.65. The van der Waals surface area contributed by atoms with Crippen molar-refractivity contribution in [2.45, 2.75) is 18.8 Å². The minimum Gasteiger partial charge on any atom is -0.277 e. The normalized spacial score (nSPS) is 15.4. The summed E-state index contributed by atoms with van der Waals surface area (Å²) in [7, 11) is 0. The van der Waals surface area contributed by atoms with Gasteiger partial charge in [-0.3, -0.25) is 4.57 Å². The zero-order chi connectivity index (χ0) is 34.8. The van der Waals surface area contributed by atoms with Gasteiger partial charge in [-0.2, -0.15) is 9.97 Å². The maximum Gasteiger partial charge on any atom is 0.238 e. The van der Waals surface area contributed by atoms with Crippen LogP contribution in [0.15, 0.2) is 176 Å². The van der Waals surface area contributed by atoms with Gasteiger partial charge in [0.15, 0.2) is 11.6 Å². The van der Waals surface area contributed by atoms with E-state index in [2.05, 4.69) is 133 Å². The molecule has 0 saturated heterocycles. The summed E-state index contributed by atoms with van der Waals surface area (Å²) in [6, 6.07) is 41.5. The average Bonchev–Trinajstić information content (AvgIpc) is 3.70. The Balaban J connectivity index is 1.35. The zero-order valence-corrected chi connectivity index (χ0v) is 28.8. The molecule has 4 nitrogen and oxygen atoms in total. The second kappa shape index (κ2) is 11.7. The molecule has 246 valence electrons. The SMILES string of the molecule is C=C/C=C\C=C(/C)c1nc(-c2ccccc2)nc(-n2c3ccccc3c3ccc4c(c32)C2=C(C=CC=CC2)C42c3ccccc3-c3ccccc32)n1. The third-order valence-electron chi connectivity index (χ3n) is 10.9. The maximum atomic E-state index is 5.27. The van der Waals surface area contributed by atoms with Crippen LogP contribution in [0.25, 0.3) is 61.4 Å². The van der Waals surface area contributed by atoms with Gasteiger partial charge in [-0.1, -0.05) is 164 Å². The van der Waals surface area contributed by atoms with Crippen LogP contribution < -0.4 is 0 Å². The van der Waals surface area contributed by atoms with Crippen molar-refractivity contribution in [3.63, 3.8) is 0 Å². The molecule has 0 amide bonds. The van der Waals surface area contributed by atoms with E-state index in [0.29, 0.717) is 17.6 Å². The van der Waals surface area contributed by atoms with Crippen LogP contribution >= 0.6 is 0 Å². The molecule has 3 aliphatic rings. The third kappa shape index (κ3) is 4.18. The van der Waals surface area contributed by atoms with Crippen LogP contribution in [0.4, 0.5) is 0 Å². The Morgan fingerprint density at radius 3 is 2.23 bits per heavy atom. The van der Waals surface area contributed by atoms with E-state index in [1.807, 2.05) is 43.4 Å². The van der Waals surface area contributed by atoms with Crippen LogP contribution in [0.3, 0.4) is 0 Å². The fourth-order valence-electron chi connectivity index (χ4n) is 8.77. The van der Waals surface area contributed by atoms with Crippen molar-refractivity contribution >= 4 is 33.0 Å². The quantitative estimate of drug-likeness (QED) is 0.172. The van der Waals surface area contributed by atoms with Gasteiger partial charge in [0.1, 0.15) is 0 Å². The van der Waals surface area contributed by atoms with Crippen molar-refractivity contribution in [2.24, 2.45) is 0 Å². The summed E-state index contributed by atoms with van der Waals surface area (Å²) >= 11 is 0. The van der Waals surface area contributed by atoms with Crippen molar-refractivity contribution < 1.29 is 0 Å². The van der Waals surface area contributed by atoms with Gasteiger partial charge >= 0.3 is 0 Å². The molecular formula is C48H34N4. The number of para-hydroxylation sites is 1. The fraction of sp³-hybridized carbons (Fsp3) is 0.0625. The standard InChI is InChI=1S/C48H34N4/c1-3-4-7-18-31(2)45-49-46(32-19-8-5-9-20-32)51-47(50-45)52-42-28-17-14-23-35(42)36-29-30-41-43(44(36)52)37-24-10-6-11-25-40(37)48(41)38-26-15-12-21-33(38)34-22-13-16-27-39(34)48/h3-23,25-30H,1,24H2,2H3/b7-4-,31-18+. The van der Waals surface area contributed by atoms with Crippen LogP contribution in [0.2, 0.25) is 0 Å². The third-order valence-corrected chi connectivity index (χ3v) is 10.9. The summed E-state index contributed by atoms with van der Waals surface area (Å²) < 4.78 is 2.29. The molecular weight excluding hydrogens is 633 g/mol. The highest BCUT2D eigenvalue weighted by Crippen LogP contribution is 2.64. The van der Waals surface area contributed by atoms with Gasteiger partial charge in [0, 0.05) is 21.9 Å². The molecule has 0 bridgehead atoms. The topological polar surface area (TPSA) is 43.6 Å². The molecule has 7 aromatic rings. The lowest BCUT2D eigenvalue weighted by atomic mass is 9.69. The molecule has 1 spiro atoms. The lowest BCUT2D eigenvalue weighted by molar-refractivity contribution is 0.786. The summed E-state index contributed by atoms with van der Waals surface area (Å²) in [5.74, 6) is 1.86. The first kappa shape index (κ1) is 30.2. The molecule has 2 aromatic heterocycles. The molecule has 52 heavy (non-hydrogen) atoms. The lowest BCUT2D eigenvalue weighted by Gasteiger charge is -2.31. The van der Waals surface area contributed by atoms with E-state index in [4.69, 9.17) is 15.0 Å². The number of aromatic nitrogens is 4. The van der Waals surface area contributed by atoms with E-state index in [1.54, 1.807) is 6.08 Å². The molecule has 0 atom stereocenters. The maximum absolute atomic E-state index is 5.27. The Bertz CT molecular complexity index is 2740. The van der Waals surface area contributed by atoms with Crippen LogP contribution in [0, 0.1) is 0 Å². The monoisotopic (exact) mass is 666 g/mol. The highest BCUT2D eigenvalue weighted by Gasteiger charge is 2.52. The molecule has 10 rings (SSSR count). The van der Waals surface area contributed by atoms with Gasteiger partial charge in [-0.25, -0.2) is 4.98 Å². The lowest BCUT2D eigenvalue weighted by Crippen LogP contribution is -2.26. The Morgan fingerprint density at radius 1 is 0.712 bits per heavy atom. The van der Waals surface area contributed by atoms with Gasteiger partial charge in [0.05, 0.1) is 16.4 Å². The number of hydrogen-bond acceptors (Lipinski definition) is 3. The predicted octanol–water partition coefficient (Wildman–Crippen LogP) is 11.4. The summed E-state index contributed by atoms with van der Waals surface area (Å²) in [4.78, 5) is 15.5. The highest BCUT2D eigenvalue weighted by atomic mass is 15.2. The number of hydrogen-bond donors (Lipinski definition) is 0. The van der Waals surface area contributed by atoms with E-state index >= 15 is 0 Å². The van der Waals surface area contributed by atoms with Crippen LogP contribution in [-0.2, 0) is 5.41 Å². The molecule has 0 fully saturated rings. The minimum absolute atomic E-state index is 0.452. The van der Waals surface area contributed by atoms with Crippen LogP contribution in [0.5, 0.6) is 0 Å². The minimum atomic E-state index is -0.452. The van der Waals surface area contributed by atoms with Crippen molar-refractivity contribution in [2.75, 3.05) is 0 Å². The fourth-order valence-corrected chi connectivity index (χ4v) is 8.77. The first-order chi connectivity index (χ1) is 25.7. The number of nitrogens with zero attached hydrogens (tertiary/aromatic N) is 4. The summed E-state index contributed by atoms with van der Waals surface area (Å²) in [5.41, 5.74) is 14.1. The number of allylic oxidation sites excluding steroid dienone is 11. The number of rotatable bonds is 5. The van der Waals surface area contributed by atoms with E-state index < -0.39 is 5.41 Å². The Morgan fingerprint density at radius 2 is 1.44 bits per heavy atom. The van der Waals surface area contributed by atoms with Gasteiger partial charge < -0.3 is 0 Å². The molecule has 0 aliphatic heterocycles. The average molecular weight is 667 g/mol. The molecule has 0 radical (unpaired) electrons. The smallest absolute Gasteiger partial charge is 0.238 e. The molecule has 5 aromatic carbocycles. The Labute approximate surface area is 302 Å². The van der Waals surface area contributed by atoms with Gasteiger partial charge in [0.2, 0.25) is 5.95 Å². The molecule has 0 saturated carbocycles. The zero-order valence-electron chi connectivity index (χ0n) is 28.8. The van der Waals surface area contributed by atoms with Crippen molar-refractivity contribution in [1.29, 1.82) is 0 Å². The van der Waals surface area contributed by atoms with Crippen molar-refractivity contribution in [3.05, 3.63) is 204 Å². The van der Waals surface area contributed by atoms with Crippen molar-refractivity contribution in [3.8, 4) is 28.5 Å². The van der Waals surface area contributed by atoms with E-state index in [-0.39, 0.29) is 0 Å². The largest absolute Gasteiger partial charge is 0.277 e. The van der Waals surface area contributed by atoms with E-state index in [1.165, 1.54) is 55.3 Å². The molecule has 4 heteroatoms. The van der Waals surface area contributed by atoms with E-state index in [9.17, 15) is 0 Å². The van der Waals surface area contributed by atoms with Crippen molar-refractivity contribution in [1.82, 2.24) is 19.5 Å². The molecule has 0 N–H and O–H groups in total. The second-order valence-electron chi connectivity index (χ2n) is 13.6. The number of benzene rings is 5. The van der Waals surface area contributed by atoms with Gasteiger partial charge in [-0.05, 0) is 63.9 Å². The highest BCUT2D eigenvalue weighted by molar-refractivity contribution is 6.15. The first-order valence-electron chi connectivity index (χ1n) is 17.8. The first-order valence-corrected chi connectivity index (χ1v) is 17.8. The predicted molar refractivity (Wildman–Crippen MR) is 214 cm³/mol. The summed E-state index contributed by atoms with van der Waals surface area (Å²) in [5, 5.41) is 2.35. The second-order valence-corrected chi connectivity index (χ2v) is 13.6. The van der Waals surface area contributed by atoms with E-state index in [0.717, 1.165) is 28.6 Å². The summed E-state index contributed by atoms with van der Waals surface area (Å²) in [6.45, 7) is 5.88. The molecule has 0 unspecified atom stereocenters. The summed E-state index contributed by atoms with van der Waals surface area (Å²) in [6.07, 6.45) is 17.5. The van der Waals surface area contributed by atoms with Gasteiger partial charge in [-0.15, -0.1) is 0 Å². The number of fused-ring (bicyclic) bond motifs is 13. The van der Waals surface area contributed by atoms with Crippen LogP contribution in [0.1, 0.15) is 41.4 Å². The van der Waals surface area contributed by atoms with Gasteiger partial charge in [0.25, 0.3) is 0 Å². The molecule has 3 aliphatic carbocycles. The molecule has 2 heterocycles.